The summed E-state index contributed by atoms with van der Waals surface area (Å²) in [6.07, 6.45) is 0. The lowest BCUT2D eigenvalue weighted by Crippen LogP contribution is -2.35. The third kappa shape index (κ3) is 2.57. The van der Waals surface area contributed by atoms with E-state index in [9.17, 15) is 14.0 Å². The van der Waals surface area contributed by atoms with Gasteiger partial charge >= 0.3 is 5.69 Å². The molecule has 19 heavy (non-hydrogen) atoms. The molecule has 0 saturated carbocycles. The van der Waals surface area contributed by atoms with Crippen LogP contribution < -0.4 is 16.0 Å². The van der Waals surface area contributed by atoms with Gasteiger partial charge in [0.1, 0.15) is 5.75 Å². The molecule has 0 spiro atoms. The van der Waals surface area contributed by atoms with Gasteiger partial charge in [-0.15, -0.1) is 0 Å². The Labute approximate surface area is 119 Å². The minimum atomic E-state index is -1.22. The van der Waals surface area contributed by atoms with Crippen molar-refractivity contribution in [2.24, 2.45) is 0 Å². The maximum atomic E-state index is 13.5. The van der Waals surface area contributed by atoms with Crippen LogP contribution in [-0.4, -0.2) is 16.7 Å². The molecule has 1 aromatic heterocycles. The van der Waals surface area contributed by atoms with Crippen LogP contribution >= 0.6 is 27.5 Å². The zero-order chi connectivity index (χ0) is 14.2. The quantitative estimate of drug-likeness (QED) is 0.845. The fourth-order valence-electron chi connectivity index (χ4n) is 1.52. The first-order valence-corrected chi connectivity index (χ1v) is 6.16. The second-order valence-corrected chi connectivity index (χ2v) is 4.84. The molecule has 0 saturated heterocycles. The molecule has 0 amide bonds. The average Bonchev–Trinajstić information content (AvgIpc) is 2.35. The van der Waals surface area contributed by atoms with Crippen LogP contribution in [0.5, 0.6) is 5.75 Å². The van der Waals surface area contributed by atoms with Crippen molar-refractivity contribution in [3.05, 3.63) is 54.5 Å². The first-order chi connectivity index (χ1) is 8.93. The van der Waals surface area contributed by atoms with Gasteiger partial charge in [-0.25, -0.2) is 9.36 Å². The van der Waals surface area contributed by atoms with E-state index in [1.165, 1.54) is 19.2 Å². The van der Waals surface area contributed by atoms with Gasteiger partial charge in [-0.05, 0) is 12.1 Å². The third-order valence-electron chi connectivity index (χ3n) is 2.35. The Balaban J connectivity index is 2.80. The number of nitrogens with zero attached hydrogens (tertiary/aromatic N) is 1. The van der Waals surface area contributed by atoms with Crippen LogP contribution in [0, 0.1) is 5.82 Å². The van der Waals surface area contributed by atoms with Gasteiger partial charge in [0.15, 0.2) is 5.15 Å². The van der Waals surface area contributed by atoms with E-state index in [-0.39, 0.29) is 5.69 Å². The molecule has 0 aliphatic heterocycles. The normalized spacial score (nSPS) is 10.5. The van der Waals surface area contributed by atoms with Gasteiger partial charge in [-0.2, -0.15) is 4.39 Å². The number of ether oxygens (including phenoxy) is 1. The summed E-state index contributed by atoms with van der Waals surface area (Å²) in [5, 5.41) is -0.617. The van der Waals surface area contributed by atoms with Crippen molar-refractivity contribution < 1.29 is 9.13 Å². The molecule has 8 heteroatoms. The Morgan fingerprint density at radius 1 is 1.37 bits per heavy atom. The molecule has 0 atom stereocenters. The summed E-state index contributed by atoms with van der Waals surface area (Å²) in [5.41, 5.74) is -1.81. The first-order valence-electron chi connectivity index (χ1n) is 4.99. The van der Waals surface area contributed by atoms with Crippen LogP contribution in [-0.2, 0) is 0 Å². The van der Waals surface area contributed by atoms with Crippen LogP contribution in [0.25, 0.3) is 5.69 Å². The van der Waals surface area contributed by atoms with Crippen molar-refractivity contribution in [2.75, 3.05) is 7.11 Å². The van der Waals surface area contributed by atoms with Crippen LogP contribution in [0.2, 0.25) is 5.15 Å². The lowest BCUT2D eigenvalue weighted by Gasteiger charge is -2.08. The lowest BCUT2D eigenvalue weighted by atomic mass is 10.3. The lowest BCUT2D eigenvalue weighted by molar-refractivity contribution is 0.414. The Morgan fingerprint density at radius 3 is 2.68 bits per heavy atom. The summed E-state index contributed by atoms with van der Waals surface area (Å²) in [6.45, 7) is 0. The summed E-state index contributed by atoms with van der Waals surface area (Å²) in [7, 11) is 1.43. The maximum Gasteiger partial charge on any atom is 0.334 e. The highest BCUT2D eigenvalue weighted by atomic mass is 79.9. The standard InChI is InChI=1S/C11H7BrClFN2O3/c1-19-7-3-5(12)2-6(4-7)16-10(17)8(14)9(13)15-11(16)18/h2-4H,1H3,(H,15,18). The van der Waals surface area contributed by atoms with Gasteiger partial charge in [0, 0.05) is 10.5 Å². The topological polar surface area (TPSA) is 64.1 Å². The minimum absolute atomic E-state index is 0.160. The first kappa shape index (κ1) is 13.8. The number of halogens is 3. The van der Waals surface area contributed by atoms with E-state index in [0.717, 1.165) is 0 Å². The molecule has 0 aliphatic rings. The maximum absolute atomic E-state index is 13.5. The molecule has 0 fully saturated rings. The molecule has 1 N–H and O–H groups in total. The van der Waals surface area contributed by atoms with Crippen molar-refractivity contribution in [1.82, 2.24) is 9.55 Å². The van der Waals surface area contributed by atoms with E-state index in [1.807, 2.05) is 4.98 Å². The van der Waals surface area contributed by atoms with Gasteiger partial charge < -0.3 is 4.74 Å². The molecular weight excluding hydrogens is 342 g/mol. The number of hydrogen-bond acceptors (Lipinski definition) is 3. The highest BCUT2D eigenvalue weighted by Crippen LogP contribution is 2.22. The number of H-pyrrole nitrogens is 1. The van der Waals surface area contributed by atoms with Gasteiger partial charge in [0.25, 0.3) is 5.56 Å². The molecule has 1 aromatic carbocycles. The second-order valence-electron chi connectivity index (χ2n) is 3.55. The van der Waals surface area contributed by atoms with Gasteiger partial charge in [0.05, 0.1) is 12.8 Å². The van der Waals surface area contributed by atoms with E-state index in [0.29, 0.717) is 14.8 Å². The number of methoxy groups -OCH3 is 1. The van der Waals surface area contributed by atoms with E-state index < -0.39 is 22.2 Å². The number of aromatic nitrogens is 2. The molecule has 100 valence electrons. The highest BCUT2D eigenvalue weighted by Gasteiger charge is 2.14. The van der Waals surface area contributed by atoms with Crippen LogP contribution in [0.15, 0.2) is 32.3 Å². The number of rotatable bonds is 2. The fraction of sp³-hybridized carbons (Fsp3) is 0.0909. The van der Waals surface area contributed by atoms with E-state index in [2.05, 4.69) is 15.9 Å². The summed E-state index contributed by atoms with van der Waals surface area (Å²) < 4.78 is 19.7. The van der Waals surface area contributed by atoms with Crippen molar-refractivity contribution in [3.63, 3.8) is 0 Å². The zero-order valence-corrected chi connectivity index (χ0v) is 11.9. The van der Waals surface area contributed by atoms with Crippen LogP contribution in [0.4, 0.5) is 4.39 Å². The van der Waals surface area contributed by atoms with Gasteiger partial charge in [-0.3, -0.25) is 9.78 Å². The summed E-state index contributed by atoms with van der Waals surface area (Å²) in [5.74, 6) is -0.814. The Morgan fingerprint density at radius 2 is 2.05 bits per heavy atom. The molecule has 0 bridgehead atoms. The summed E-state index contributed by atoms with van der Waals surface area (Å²) >= 11 is 8.60. The Bertz CT molecular complexity index is 757. The molecule has 1 heterocycles. The van der Waals surface area contributed by atoms with Crippen LogP contribution in [0.1, 0.15) is 0 Å². The Kier molecular flexibility index (Phi) is 3.77. The van der Waals surface area contributed by atoms with E-state index >= 15 is 0 Å². The molecule has 0 unspecified atom stereocenters. The van der Waals surface area contributed by atoms with Gasteiger partial charge in [0.2, 0.25) is 5.82 Å². The number of benzene rings is 1. The molecule has 2 aromatic rings. The molecule has 5 nitrogen and oxygen atoms in total. The van der Waals surface area contributed by atoms with Crippen molar-refractivity contribution in [1.29, 1.82) is 0 Å². The minimum Gasteiger partial charge on any atom is -0.497 e. The van der Waals surface area contributed by atoms with Crippen molar-refractivity contribution in [2.45, 2.75) is 0 Å². The average molecular weight is 350 g/mol. The predicted octanol–water partition coefficient (Wildman–Crippen LogP) is 2.09. The van der Waals surface area contributed by atoms with Gasteiger partial charge in [-0.1, -0.05) is 27.5 Å². The number of hydrogen-bond donors (Lipinski definition) is 1. The second kappa shape index (κ2) is 5.18. The molecule has 0 aliphatic carbocycles. The summed E-state index contributed by atoms with van der Waals surface area (Å²) in [4.78, 5) is 25.5. The number of aromatic amines is 1. The molecular formula is C11H7BrClFN2O3. The SMILES string of the molecule is COc1cc(Br)cc(-n2c(=O)[nH]c(Cl)c(F)c2=O)c1. The van der Waals surface area contributed by atoms with Crippen molar-refractivity contribution in [3.8, 4) is 11.4 Å². The van der Waals surface area contributed by atoms with E-state index in [4.69, 9.17) is 16.3 Å². The highest BCUT2D eigenvalue weighted by molar-refractivity contribution is 9.10. The smallest absolute Gasteiger partial charge is 0.334 e. The third-order valence-corrected chi connectivity index (χ3v) is 3.07. The number of nitrogens with one attached hydrogen (secondary N) is 1. The fourth-order valence-corrected chi connectivity index (χ4v) is 2.14. The summed E-state index contributed by atoms with van der Waals surface area (Å²) in [6, 6.07) is 4.54. The predicted molar refractivity (Wildman–Crippen MR) is 71.9 cm³/mol. The van der Waals surface area contributed by atoms with E-state index in [1.54, 1.807) is 6.07 Å². The molecule has 2 rings (SSSR count). The van der Waals surface area contributed by atoms with Crippen molar-refractivity contribution >= 4 is 27.5 Å². The Hall–Kier alpha value is -1.60. The molecule has 0 radical (unpaired) electrons. The van der Waals surface area contributed by atoms with Crippen LogP contribution in [0.3, 0.4) is 0 Å². The zero-order valence-electron chi connectivity index (χ0n) is 9.54. The largest absolute Gasteiger partial charge is 0.497 e. The monoisotopic (exact) mass is 348 g/mol.